The molecule has 3 heteroatoms. The van der Waals surface area contributed by atoms with Crippen molar-refractivity contribution in [3.8, 4) is 0 Å². The maximum absolute atomic E-state index is 6.65. The third-order valence-corrected chi connectivity index (χ3v) is 18.2. The fourth-order valence-electron chi connectivity index (χ4n) is 8.72. The topological polar surface area (TPSA) is 26.0 Å². The molecule has 0 aromatic heterocycles. The summed E-state index contributed by atoms with van der Waals surface area (Å²) >= 11 is 0. The average molecular weight is 568 g/mol. The molecule has 0 amide bonds. The Labute approximate surface area is 243 Å². The van der Waals surface area contributed by atoms with Gasteiger partial charge in [0.25, 0.3) is 0 Å². The van der Waals surface area contributed by atoms with E-state index in [1.165, 1.54) is 164 Å². The van der Waals surface area contributed by atoms with Crippen LogP contribution >= 0.6 is 15.8 Å². The van der Waals surface area contributed by atoms with Gasteiger partial charge in [0.1, 0.15) is 0 Å². The van der Waals surface area contributed by atoms with Gasteiger partial charge in [-0.15, -0.1) is 15.8 Å². The smallest absolute Gasteiger partial charge is 0.0390 e. The summed E-state index contributed by atoms with van der Waals surface area (Å²) in [6, 6.07) is 6.70. The zero-order valence-corrected chi connectivity index (χ0v) is 26.9. The van der Waals surface area contributed by atoms with Crippen molar-refractivity contribution >= 4 is 33.7 Å². The Hall–Kier alpha value is -0.380. The van der Waals surface area contributed by atoms with E-state index in [1.54, 1.807) is 0 Å². The van der Waals surface area contributed by atoms with E-state index in [9.17, 15) is 0 Å². The van der Waals surface area contributed by atoms with E-state index in [2.05, 4.69) is 30.4 Å². The summed E-state index contributed by atoms with van der Waals surface area (Å²) in [7, 11) is 0.357. The minimum Gasteiger partial charge on any atom is -0.398 e. The van der Waals surface area contributed by atoms with Crippen molar-refractivity contribution in [1.29, 1.82) is 0 Å². The number of hydrogen-bond donors (Lipinski definition) is 1. The highest BCUT2D eigenvalue weighted by molar-refractivity contribution is 7.59. The maximum Gasteiger partial charge on any atom is 0.0390 e. The van der Waals surface area contributed by atoms with Gasteiger partial charge in [-0.3, -0.25) is 0 Å². The van der Waals surface area contributed by atoms with E-state index in [4.69, 9.17) is 5.73 Å². The van der Waals surface area contributed by atoms with Crippen molar-refractivity contribution in [3.63, 3.8) is 0 Å². The van der Waals surface area contributed by atoms with Gasteiger partial charge in [-0.1, -0.05) is 101 Å². The van der Waals surface area contributed by atoms with Crippen molar-refractivity contribution < 1.29 is 0 Å². The molecular formula is C36H59NP2. The standard InChI is InChI=1S/C36H59NP2/c37-36-27-13-16-30(17-14-28-38(31-18-5-1-6-19-31)32-20-7-2-8-21-32)35(36)26-15-29-39(33-22-9-3-10-23-33)34-24-11-4-12-25-34/h13,16-17,26-27,31-34H,1-12,14-15,18-25,28-29,37H2. The van der Waals surface area contributed by atoms with Gasteiger partial charge in [0.05, 0.1) is 0 Å². The first-order valence-electron chi connectivity index (χ1n) is 17.4. The first-order chi connectivity index (χ1) is 19.3. The van der Waals surface area contributed by atoms with Gasteiger partial charge in [-0.25, -0.2) is 0 Å². The number of anilines is 1. The summed E-state index contributed by atoms with van der Waals surface area (Å²) in [5, 5.41) is 2.79. The predicted molar refractivity (Wildman–Crippen MR) is 179 cm³/mol. The van der Waals surface area contributed by atoms with Crippen LogP contribution in [0, 0.1) is 0 Å². The van der Waals surface area contributed by atoms with Crippen LogP contribution < -0.4 is 16.2 Å². The van der Waals surface area contributed by atoms with Crippen LogP contribution in [0.3, 0.4) is 0 Å². The third-order valence-electron chi connectivity index (χ3n) is 10.8. The van der Waals surface area contributed by atoms with Crippen LogP contribution in [0.25, 0.3) is 12.2 Å². The molecule has 0 saturated heterocycles. The molecule has 0 spiro atoms. The zero-order valence-electron chi connectivity index (χ0n) is 25.1. The predicted octanol–water partition coefficient (Wildman–Crippen LogP) is 9.90. The highest BCUT2D eigenvalue weighted by atomic mass is 31.1. The van der Waals surface area contributed by atoms with Crippen molar-refractivity contribution in [1.82, 2.24) is 0 Å². The molecule has 4 aliphatic rings. The highest BCUT2D eigenvalue weighted by Crippen LogP contribution is 2.57. The van der Waals surface area contributed by atoms with E-state index in [0.717, 1.165) is 28.3 Å². The molecule has 5 rings (SSSR count). The SMILES string of the molecule is Nc1cccc(=CCCP(C2CCCCC2)C2CCCCC2)c1=CCCP(C1CCCCC1)C1CCCCC1. The number of benzene rings is 1. The van der Waals surface area contributed by atoms with Gasteiger partial charge in [0.2, 0.25) is 0 Å². The molecule has 2 N–H and O–H groups in total. The fraction of sp³-hybridized carbons (Fsp3) is 0.778. The van der Waals surface area contributed by atoms with Gasteiger partial charge in [0, 0.05) is 10.9 Å². The second-order valence-corrected chi connectivity index (χ2v) is 19.4. The van der Waals surface area contributed by atoms with Gasteiger partial charge in [-0.2, -0.15) is 0 Å². The van der Waals surface area contributed by atoms with Crippen LogP contribution in [-0.2, 0) is 0 Å². The van der Waals surface area contributed by atoms with Crippen LogP contribution in [0.4, 0.5) is 5.69 Å². The lowest BCUT2D eigenvalue weighted by Gasteiger charge is -2.38. The Kier molecular flexibility index (Phi) is 12.6. The Balaban J connectivity index is 1.27. The molecule has 1 aromatic carbocycles. The Morgan fingerprint density at radius 3 is 1.33 bits per heavy atom. The monoisotopic (exact) mass is 567 g/mol. The van der Waals surface area contributed by atoms with Crippen LogP contribution in [0.2, 0.25) is 0 Å². The van der Waals surface area contributed by atoms with E-state index >= 15 is 0 Å². The van der Waals surface area contributed by atoms with Gasteiger partial charge >= 0.3 is 0 Å². The first kappa shape index (κ1) is 30.1. The van der Waals surface area contributed by atoms with Crippen LogP contribution in [-0.4, -0.2) is 35.0 Å². The van der Waals surface area contributed by atoms with E-state index in [1.807, 2.05) is 0 Å². The van der Waals surface area contributed by atoms with Gasteiger partial charge in [-0.05, 0) is 110 Å². The molecule has 0 unspecified atom stereocenters. The summed E-state index contributed by atoms with van der Waals surface area (Å²) in [4.78, 5) is 0. The molecular weight excluding hydrogens is 508 g/mol. The third kappa shape index (κ3) is 8.81. The molecule has 0 atom stereocenters. The van der Waals surface area contributed by atoms with Gasteiger partial charge in [0.15, 0.2) is 0 Å². The normalized spacial score (nSPS) is 24.3. The van der Waals surface area contributed by atoms with Crippen molar-refractivity contribution in [3.05, 3.63) is 28.6 Å². The quantitative estimate of drug-likeness (QED) is 0.221. The van der Waals surface area contributed by atoms with E-state index < -0.39 is 0 Å². The van der Waals surface area contributed by atoms with E-state index in [0.29, 0.717) is 0 Å². The summed E-state index contributed by atoms with van der Waals surface area (Å²) in [5.41, 5.74) is 11.9. The molecule has 218 valence electrons. The zero-order chi connectivity index (χ0) is 26.7. The van der Waals surface area contributed by atoms with Gasteiger partial charge < -0.3 is 5.73 Å². The lowest BCUT2D eigenvalue weighted by molar-refractivity contribution is 0.484. The fourth-order valence-corrected chi connectivity index (χ4v) is 16.3. The molecule has 39 heavy (non-hydrogen) atoms. The lowest BCUT2D eigenvalue weighted by atomic mass is 9.99. The molecule has 1 nitrogen and oxygen atoms in total. The molecule has 0 radical (unpaired) electrons. The molecule has 4 fully saturated rings. The first-order valence-corrected chi connectivity index (χ1v) is 20.7. The molecule has 4 saturated carbocycles. The van der Waals surface area contributed by atoms with Crippen LogP contribution in [0.1, 0.15) is 141 Å². The molecule has 0 aliphatic heterocycles. The Bertz CT molecular complexity index is 913. The molecule has 4 aliphatic carbocycles. The second-order valence-electron chi connectivity index (χ2n) is 13.5. The molecule has 0 bridgehead atoms. The molecule has 1 aromatic rings. The van der Waals surface area contributed by atoms with Crippen molar-refractivity contribution in [2.75, 3.05) is 18.1 Å². The lowest BCUT2D eigenvalue weighted by Crippen LogP contribution is -2.28. The average Bonchev–Trinajstić information content (AvgIpc) is 3.00. The summed E-state index contributed by atoms with van der Waals surface area (Å²) in [6.07, 6.45) is 40.7. The summed E-state index contributed by atoms with van der Waals surface area (Å²) in [6.45, 7) is 0. The van der Waals surface area contributed by atoms with Crippen molar-refractivity contribution in [2.24, 2.45) is 0 Å². The number of nitrogen functional groups attached to an aromatic ring is 1. The highest BCUT2D eigenvalue weighted by Gasteiger charge is 2.31. The minimum atomic E-state index is 0.173. The summed E-state index contributed by atoms with van der Waals surface area (Å²) < 4.78 is 0. The summed E-state index contributed by atoms with van der Waals surface area (Å²) in [5.74, 6) is 0. The largest absolute Gasteiger partial charge is 0.398 e. The van der Waals surface area contributed by atoms with Crippen LogP contribution in [0.5, 0.6) is 0 Å². The number of rotatable bonds is 10. The van der Waals surface area contributed by atoms with Crippen LogP contribution in [0.15, 0.2) is 18.2 Å². The second kappa shape index (κ2) is 16.3. The molecule has 0 heterocycles. The minimum absolute atomic E-state index is 0.173. The Morgan fingerprint density at radius 1 is 0.538 bits per heavy atom. The maximum atomic E-state index is 6.65. The number of nitrogens with two attached hydrogens (primary N) is 1. The van der Waals surface area contributed by atoms with Crippen molar-refractivity contribution in [2.45, 2.75) is 164 Å². The van der Waals surface area contributed by atoms with E-state index in [-0.39, 0.29) is 15.8 Å². The Morgan fingerprint density at radius 2 is 0.923 bits per heavy atom. The number of hydrogen-bond acceptors (Lipinski definition) is 1.